The first-order chi connectivity index (χ1) is 5.61. The van der Waals surface area contributed by atoms with Gasteiger partial charge in [-0.25, -0.2) is 4.39 Å². The van der Waals surface area contributed by atoms with E-state index in [1.54, 1.807) is 0 Å². The highest BCUT2D eigenvalue weighted by Crippen LogP contribution is 2.10. The molecule has 0 aromatic carbocycles. The summed E-state index contributed by atoms with van der Waals surface area (Å²) in [5.74, 6) is 3.03. The number of halogens is 1. The molecule has 0 spiro atoms. The average Bonchev–Trinajstić information content (AvgIpc) is 2.00. The molecule has 0 bridgehead atoms. The number of hydrogen-bond acceptors (Lipinski definition) is 1. The van der Waals surface area contributed by atoms with E-state index in [-0.39, 0.29) is 12.7 Å². The molecule has 0 unspecified atom stereocenters. The molecule has 1 nitrogen and oxygen atoms in total. The second-order valence-electron chi connectivity index (χ2n) is 3.56. The van der Waals surface area contributed by atoms with E-state index >= 15 is 0 Å². The molecule has 0 saturated heterocycles. The lowest BCUT2D eigenvalue weighted by Crippen LogP contribution is -2.34. The Bertz CT molecular complexity index is 148. The van der Waals surface area contributed by atoms with Crippen molar-refractivity contribution in [2.45, 2.75) is 26.3 Å². The van der Waals surface area contributed by atoms with E-state index < -0.39 is 0 Å². The minimum atomic E-state index is -0.309. The van der Waals surface area contributed by atoms with Gasteiger partial charge in [-0.05, 0) is 19.4 Å². The summed E-state index contributed by atoms with van der Waals surface area (Å²) >= 11 is 0. The molecule has 0 aliphatic carbocycles. The van der Waals surface area contributed by atoms with Crippen LogP contribution in [0.2, 0.25) is 0 Å². The molecule has 0 aromatic heterocycles. The summed E-state index contributed by atoms with van der Waals surface area (Å²) in [6.45, 7) is 4.40. The maximum atomic E-state index is 12.5. The molecule has 0 aliphatic heterocycles. The smallest absolute Gasteiger partial charge is 0.105 e. The standard InChI is InChI=1S/C10H18FN/c1-5-6-12(4)10(8-11)7-9(2)3/h1,9-10H,6-8H2,2-4H3/t10-/m0/s1/i11-1. The fourth-order valence-corrected chi connectivity index (χ4v) is 1.18. The normalized spacial score (nSPS) is 13.4. The molecule has 0 amide bonds. The molecule has 0 aromatic rings. The van der Waals surface area contributed by atoms with Crippen molar-refractivity contribution < 1.29 is 4.39 Å². The molecule has 0 N–H and O–H groups in total. The van der Waals surface area contributed by atoms with Gasteiger partial charge < -0.3 is 0 Å². The average molecular weight is 170 g/mol. The van der Waals surface area contributed by atoms with Crippen molar-refractivity contribution in [1.29, 1.82) is 0 Å². The molecule has 0 aliphatic rings. The van der Waals surface area contributed by atoms with Gasteiger partial charge in [0, 0.05) is 6.04 Å². The summed E-state index contributed by atoms with van der Waals surface area (Å²) in [5, 5.41) is 0. The van der Waals surface area contributed by atoms with E-state index in [1.807, 2.05) is 11.9 Å². The fraction of sp³-hybridized carbons (Fsp3) is 0.800. The van der Waals surface area contributed by atoms with Gasteiger partial charge >= 0.3 is 0 Å². The molecular weight excluding hydrogens is 152 g/mol. The second kappa shape index (κ2) is 6.02. The lowest BCUT2D eigenvalue weighted by atomic mass is 10.0. The Hall–Kier alpha value is -0.550. The highest BCUT2D eigenvalue weighted by Gasteiger charge is 2.14. The van der Waals surface area contributed by atoms with Crippen LogP contribution in [-0.4, -0.2) is 31.2 Å². The van der Waals surface area contributed by atoms with Gasteiger partial charge in [0.25, 0.3) is 0 Å². The number of terminal acetylenes is 1. The third-order valence-electron chi connectivity index (χ3n) is 1.89. The van der Waals surface area contributed by atoms with Gasteiger partial charge in [0.05, 0.1) is 6.54 Å². The third-order valence-corrected chi connectivity index (χ3v) is 1.89. The van der Waals surface area contributed by atoms with Crippen molar-refractivity contribution in [3.63, 3.8) is 0 Å². The molecule has 0 rings (SSSR count). The maximum absolute atomic E-state index is 12.5. The number of nitrogens with zero attached hydrogens (tertiary/aromatic N) is 1. The Balaban J connectivity index is 3.88. The van der Waals surface area contributed by atoms with Crippen LogP contribution in [0, 0.1) is 18.3 Å². The van der Waals surface area contributed by atoms with Gasteiger partial charge in [0.1, 0.15) is 6.67 Å². The Morgan fingerprint density at radius 2 is 2.08 bits per heavy atom. The zero-order chi connectivity index (χ0) is 9.56. The topological polar surface area (TPSA) is 3.24 Å². The van der Waals surface area contributed by atoms with Crippen LogP contribution in [-0.2, 0) is 0 Å². The van der Waals surface area contributed by atoms with Crippen LogP contribution < -0.4 is 0 Å². The molecule has 0 fully saturated rings. The molecule has 0 heterocycles. The van der Waals surface area contributed by atoms with Gasteiger partial charge in [0.2, 0.25) is 0 Å². The highest BCUT2D eigenvalue weighted by atomic mass is 18.2. The van der Waals surface area contributed by atoms with E-state index in [4.69, 9.17) is 6.42 Å². The Morgan fingerprint density at radius 3 is 2.42 bits per heavy atom. The van der Waals surface area contributed by atoms with Crippen LogP contribution in [0.5, 0.6) is 0 Å². The summed E-state index contributed by atoms with van der Waals surface area (Å²) in [5.41, 5.74) is 0. The first-order valence-electron chi connectivity index (χ1n) is 4.31. The summed E-state index contributed by atoms with van der Waals surface area (Å²) in [6, 6.07) is -0.0129. The molecule has 0 saturated carbocycles. The van der Waals surface area contributed by atoms with E-state index in [0.29, 0.717) is 12.5 Å². The molecule has 2 heteroatoms. The summed E-state index contributed by atoms with van der Waals surface area (Å²) in [4.78, 5) is 1.89. The van der Waals surface area contributed by atoms with Gasteiger partial charge in [-0.1, -0.05) is 19.8 Å². The van der Waals surface area contributed by atoms with Gasteiger partial charge in [0.15, 0.2) is 0 Å². The zero-order valence-electron chi connectivity index (χ0n) is 8.18. The third kappa shape index (κ3) is 4.35. The Kier molecular flexibility index (Phi) is 5.74. The minimum Gasteiger partial charge on any atom is -0.290 e. The Morgan fingerprint density at radius 1 is 1.50 bits per heavy atom. The fourth-order valence-electron chi connectivity index (χ4n) is 1.18. The highest BCUT2D eigenvalue weighted by molar-refractivity contribution is 4.89. The number of hydrogen-bond donors (Lipinski definition) is 0. The van der Waals surface area contributed by atoms with Crippen molar-refractivity contribution in [1.82, 2.24) is 4.90 Å². The van der Waals surface area contributed by atoms with E-state index in [0.717, 1.165) is 6.42 Å². The van der Waals surface area contributed by atoms with Crippen LogP contribution in [0.25, 0.3) is 0 Å². The second-order valence-corrected chi connectivity index (χ2v) is 3.56. The van der Waals surface area contributed by atoms with Crippen LogP contribution in [0.1, 0.15) is 20.3 Å². The van der Waals surface area contributed by atoms with Crippen LogP contribution in [0.3, 0.4) is 0 Å². The number of rotatable bonds is 5. The molecule has 70 valence electrons. The first kappa shape index (κ1) is 11.4. The van der Waals surface area contributed by atoms with Crippen LogP contribution >= 0.6 is 0 Å². The maximum Gasteiger partial charge on any atom is 0.105 e. The molecule has 0 radical (unpaired) electrons. The summed E-state index contributed by atoms with van der Waals surface area (Å²) in [7, 11) is 1.87. The lowest BCUT2D eigenvalue weighted by molar-refractivity contribution is 0.194. The van der Waals surface area contributed by atoms with E-state index in [2.05, 4.69) is 19.8 Å². The van der Waals surface area contributed by atoms with Crippen molar-refractivity contribution in [3.05, 3.63) is 0 Å². The van der Waals surface area contributed by atoms with Crippen molar-refractivity contribution in [2.75, 3.05) is 20.3 Å². The van der Waals surface area contributed by atoms with Crippen molar-refractivity contribution >= 4 is 0 Å². The monoisotopic (exact) mass is 170 g/mol. The van der Waals surface area contributed by atoms with Crippen molar-refractivity contribution in [3.8, 4) is 12.3 Å². The first-order valence-corrected chi connectivity index (χ1v) is 4.31. The lowest BCUT2D eigenvalue weighted by Gasteiger charge is -2.24. The van der Waals surface area contributed by atoms with Gasteiger partial charge in [-0.3, -0.25) is 4.90 Å². The zero-order valence-corrected chi connectivity index (χ0v) is 8.18. The Labute approximate surface area is 74.9 Å². The minimum absolute atomic E-state index is 0.0129. The SMILES string of the molecule is C#CCN(C)[C@H](C[18F])CC(C)C. The van der Waals surface area contributed by atoms with E-state index in [1.165, 1.54) is 0 Å². The van der Waals surface area contributed by atoms with Gasteiger partial charge in [-0.2, -0.15) is 0 Å². The van der Waals surface area contributed by atoms with E-state index in [9.17, 15) is 4.39 Å². The van der Waals surface area contributed by atoms with Crippen LogP contribution in [0.4, 0.5) is 4.39 Å². The summed E-state index contributed by atoms with van der Waals surface area (Å²) in [6.07, 6.45) is 6.01. The molecule has 12 heavy (non-hydrogen) atoms. The van der Waals surface area contributed by atoms with Gasteiger partial charge in [-0.15, -0.1) is 6.42 Å². The molecular formula is C10H18FN. The predicted octanol–water partition coefficient (Wildman–Crippen LogP) is 1.94. The van der Waals surface area contributed by atoms with Crippen molar-refractivity contribution in [2.24, 2.45) is 5.92 Å². The predicted molar refractivity (Wildman–Crippen MR) is 50.7 cm³/mol. The van der Waals surface area contributed by atoms with Crippen LogP contribution in [0.15, 0.2) is 0 Å². The summed E-state index contributed by atoms with van der Waals surface area (Å²) < 4.78 is 12.5. The molecule has 1 atom stereocenters. The quantitative estimate of drug-likeness (QED) is 0.570. The number of alkyl halides is 1. The largest absolute Gasteiger partial charge is 0.290 e.